The molecule has 1 aromatic carbocycles. The van der Waals surface area contributed by atoms with Crippen LogP contribution in [0.1, 0.15) is 37.3 Å². The molecule has 0 radical (unpaired) electrons. The smallest absolute Gasteiger partial charge is 0.179 e. The summed E-state index contributed by atoms with van der Waals surface area (Å²) in [5.41, 5.74) is 6.90. The average molecular weight is 300 g/mol. The van der Waals surface area contributed by atoms with Gasteiger partial charge in [0, 0.05) is 0 Å². The zero-order chi connectivity index (χ0) is 14.7. The number of nitrogens with two attached hydrogens (primary N) is 1. The van der Waals surface area contributed by atoms with Gasteiger partial charge < -0.3 is 20.3 Å². The summed E-state index contributed by atoms with van der Waals surface area (Å²) in [6, 6.07) is 3.05. The zero-order valence-corrected chi connectivity index (χ0v) is 12.7. The lowest BCUT2D eigenvalue weighted by Crippen LogP contribution is -2.32. The molecule has 0 saturated heterocycles. The van der Waals surface area contributed by atoms with Crippen LogP contribution in [0.15, 0.2) is 12.1 Å². The van der Waals surface area contributed by atoms with Crippen LogP contribution in [-0.4, -0.2) is 25.4 Å². The highest BCUT2D eigenvalue weighted by Gasteiger charge is 2.30. The fraction of sp³-hybridized carbons (Fsp3) is 0.600. The van der Waals surface area contributed by atoms with E-state index in [1.54, 1.807) is 19.2 Å². The van der Waals surface area contributed by atoms with Gasteiger partial charge in [-0.2, -0.15) is 0 Å². The standard InChI is InChI=1S/C15H22ClNO3/c1-19-11-8-7-10(12(16)15(11)20-2)13(17)14(18)9-5-3-4-6-9/h7-9,13-14,18H,3-6,17H2,1-2H3/t13-,14+/m1/s1. The minimum absolute atomic E-state index is 0.258. The van der Waals surface area contributed by atoms with E-state index in [2.05, 4.69) is 0 Å². The Bertz CT molecular complexity index is 461. The molecule has 2 rings (SSSR count). The van der Waals surface area contributed by atoms with Crippen molar-refractivity contribution in [1.82, 2.24) is 0 Å². The lowest BCUT2D eigenvalue weighted by molar-refractivity contribution is 0.0844. The van der Waals surface area contributed by atoms with Crippen molar-refractivity contribution < 1.29 is 14.6 Å². The minimum atomic E-state index is -0.576. The second kappa shape index (κ2) is 6.66. The van der Waals surface area contributed by atoms with Gasteiger partial charge in [-0.25, -0.2) is 0 Å². The maximum absolute atomic E-state index is 10.4. The number of hydrogen-bond donors (Lipinski definition) is 2. The van der Waals surface area contributed by atoms with Crippen LogP contribution in [0.5, 0.6) is 11.5 Å². The Kier molecular flexibility index (Phi) is 5.13. The average Bonchev–Trinajstić information content (AvgIpc) is 2.99. The number of benzene rings is 1. The molecule has 1 saturated carbocycles. The zero-order valence-electron chi connectivity index (χ0n) is 11.9. The summed E-state index contributed by atoms with van der Waals surface area (Å²) in [6.07, 6.45) is 3.80. The molecule has 0 aliphatic heterocycles. The maximum atomic E-state index is 10.4. The molecule has 1 aromatic rings. The summed E-state index contributed by atoms with van der Waals surface area (Å²) < 4.78 is 10.5. The monoisotopic (exact) mass is 299 g/mol. The first-order chi connectivity index (χ1) is 9.60. The molecule has 3 N–H and O–H groups in total. The molecule has 1 fully saturated rings. The topological polar surface area (TPSA) is 64.7 Å². The highest BCUT2D eigenvalue weighted by molar-refractivity contribution is 6.33. The van der Waals surface area contributed by atoms with Crippen molar-refractivity contribution >= 4 is 11.6 Å². The first kappa shape index (κ1) is 15.4. The van der Waals surface area contributed by atoms with E-state index in [0.29, 0.717) is 22.1 Å². The van der Waals surface area contributed by atoms with Gasteiger partial charge in [-0.1, -0.05) is 30.5 Å². The molecule has 1 aliphatic rings. The van der Waals surface area contributed by atoms with Gasteiger partial charge in [-0.15, -0.1) is 0 Å². The molecular weight excluding hydrogens is 278 g/mol. The fourth-order valence-electron chi connectivity index (χ4n) is 2.94. The summed E-state index contributed by atoms with van der Waals surface area (Å²) in [5.74, 6) is 1.28. The summed E-state index contributed by atoms with van der Waals surface area (Å²) >= 11 is 6.34. The van der Waals surface area contributed by atoms with Crippen LogP contribution in [0.3, 0.4) is 0 Å². The van der Waals surface area contributed by atoms with E-state index in [0.717, 1.165) is 25.7 Å². The van der Waals surface area contributed by atoms with Crippen LogP contribution in [-0.2, 0) is 0 Å². The molecule has 2 atom stereocenters. The Hall–Kier alpha value is -0.970. The number of methoxy groups -OCH3 is 2. The van der Waals surface area contributed by atoms with Crippen LogP contribution in [0.25, 0.3) is 0 Å². The summed E-state index contributed by atoms with van der Waals surface area (Å²) in [5, 5.41) is 10.8. The largest absolute Gasteiger partial charge is 0.493 e. The lowest BCUT2D eigenvalue weighted by Gasteiger charge is -2.26. The van der Waals surface area contributed by atoms with Crippen LogP contribution in [0.4, 0.5) is 0 Å². The third kappa shape index (κ3) is 2.87. The summed E-state index contributed by atoms with van der Waals surface area (Å²) in [4.78, 5) is 0. The second-order valence-electron chi connectivity index (χ2n) is 5.27. The normalized spacial score (nSPS) is 18.9. The van der Waals surface area contributed by atoms with E-state index in [1.165, 1.54) is 7.11 Å². The number of rotatable bonds is 5. The van der Waals surface area contributed by atoms with Crippen LogP contribution in [0, 0.1) is 5.92 Å². The molecule has 4 nitrogen and oxygen atoms in total. The van der Waals surface area contributed by atoms with Crippen molar-refractivity contribution in [3.63, 3.8) is 0 Å². The number of halogens is 1. The molecule has 0 bridgehead atoms. The molecule has 0 heterocycles. The molecule has 112 valence electrons. The van der Waals surface area contributed by atoms with Gasteiger partial charge in [-0.05, 0) is 30.4 Å². The lowest BCUT2D eigenvalue weighted by atomic mass is 9.90. The minimum Gasteiger partial charge on any atom is -0.493 e. The van der Waals surface area contributed by atoms with Crippen LogP contribution in [0.2, 0.25) is 5.02 Å². The first-order valence-corrected chi connectivity index (χ1v) is 7.32. The molecular formula is C15H22ClNO3. The van der Waals surface area contributed by atoms with Crippen molar-refractivity contribution in [3.8, 4) is 11.5 Å². The van der Waals surface area contributed by atoms with Gasteiger partial charge in [0.15, 0.2) is 11.5 Å². The molecule has 0 amide bonds. The summed E-state index contributed by atoms with van der Waals surface area (Å²) in [7, 11) is 3.09. The quantitative estimate of drug-likeness (QED) is 0.877. The van der Waals surface area contributed by atoms with Crippen LogP contribution >= 0.6 is 11.6 Å². The van der Waals surface area contributed by atoms with E-state index in [4.69, 9.17) is 26.8 Å². The predicted molar refractivity (Wildman–Crippen MR) is 79.4 cm³/mol. The highest BCUT2D eigenvalue weighted by Crippen LogP contribution is 2.41. The van der Waals surface area contributed by atoms with Gasteiger partial charge in [0.1, 0.15) is 0 Å². The third-order valence-corrected chi connectivity index (χ3v) is 4.51. The number of ether oxygens (including phenoxy) is 2. The van der Waals surface area contributed by atoms with Crippen molar-refractivity contribution in [1.29, 1.82) is 0 Å². The van der Waals surface area contributed by atoms with Gasteiger partial charge in [0.2, 0.25) is 0 Å². The molecule has 1 aliphatic carbocycles. The highest BCUT2D eigenvalue weighted by atomic mass is 35.5. The molecule has 0 aromatic heterocycles. The number of aliphatic hydroxyl groups is 1. The molecule has 0 unspecified atom stereocenters. The predicted octanol–water partition coefficient (Wildman–Crippen LogP) is 2.91. The summed E-state index contributed by atoms with van der Waals surface area (Å²) in [6.45, 7) is 0. The van der Waals surface area contributed by atoms with Crippen molar-refractivity contribution in [2.24, 2.45) is 11.7 Å². The second-order valence-corrected chi connectivity index (χ2v) is 5.64. The van der Waals surface area contributed by atoms with E-state index < -0.39 is 12.1 Å². The van der Waals surface area contributed by atoms with E-state index in [-0.39, 0.29) is 5.92 Å². The molecule has 20 heavy (non-hydrogen) atoms. The van der Waals surface area contributed by atoms with Gasteiger partial charge >= 0.3 is 0 Å². The van der Waals surface area contributed by atoms with Gasteiger partial charge in [0.05, 0.1) is 31.4 Å². The molecule has 0 spiro atoms. The van der Waals surface area contributed by atoms with E-state index in [1.807, 2.05) is 0 Å². The number of hydrogen-bond acceptors (Lipinski definition) is 4. The van der Waals surface area contributed by atoms with Gasteiger partial charge in [0.25, 0.3) is 0 Å². The fourth-order valence-corrected chi connectivity index (χ4v) is 3.30. The Labute approximate surface area is 124 Å². The third-order valence-electron chi connectivity index (χ3n) is 4.12. The Balaban J connectivity index is 2.27. The molecule has 5 heteroatoms. The van der Waals surface area contributed by atoms with Crippen LogP contribution < -0.4 is 15.2 Å². The van der Waals surface area contributed by atoms with E-state index in [9.17, 15) is 5.11 Å². The SMILES string of the molecule is COc1ccc([C@@H](N)[C@@H](O)C2CCCC2)c(Cl)c1OC. The van der Waals surface area contributed by atoms with Crippen molar-refractivity contribution in [3.05, 3.63) is 22.7 Å². The number of aliphatic hydroxyl groups excluding tert-OH is 1. The maximum Gasteiger partial charge on any atom is 0.179 e. The first-order valence-electron chi connectivity index (χ1n) is 6.94. The Morgan fingerprint density at radius 1 is 1.25 bits per heavy atom. The van der Waals surface area contributed by atoms with Crippen molar-refractivity contribution in [2.75, 3.05) is 14.2 Å². The van der Waals surface area contributed by atoms with Crippen molar-refractivity contribution in [2.45, 2.75) is 37.8 Å². The van der Waals surface area contributed by atoms with E-state index >= 15 is 0 Å². The Morgan fingerprint density at radius 3 is 2.45 bits per heavy atom. The Morgan fingerprint density at radius 2 is 1.90 bits per heavy atom. The van der Waals surface area contributed by atoms with Gasteiger partial charge in [-0.3, -0.25) is 0 Å².